The number of hydrogen-bond donors (Lipinski definition) is 1. The molecular weight excluding hydrogens is 396 g/mol. The molecule has 2 aromatic rings. The smallest absolute Gasteiger partial charge is 0.252 e. The predicted octanol–water partition coefficient (Wildman–Crippen LogP) is 2.78. The van der Waals surface area contributed by atoms with Crippen LogP contribution in [0.25, 0.3) is 0 Å². The lowest BCUT2D eigenvalue weighted by atomic mass is 9.94. The zero-order chi connectivity index (χ0) is 21.8. The van der Waals surface area contributed by atoms with Crippen molar-refractivity contribution in [2.24, 2.45) is 0 Å². The minimum Gasteiger partial charge on any atom is -0.493 e. The molecule has 0 amide bonds. The van der Waals surface area contributed by atoms with E-state index >= 15 is 0 Å². The van der Waals surface area contributed by atoms with Gasteiger partial charge in [-0.2, -0.15) is 0 Å². The van der Waals surface area contributed by atoms with Gasteiger partial charge in [0.2, 0.25) is 11.7 Å². The van der Waals surface area contributed by atoms with E-state index in [1.54, 1.807) is 27.4 Å². The van der Waals surface area contributed by atoms with Gasteiger partial charge in [-0.25, -0.2) is 4.98 Å². The molecule has 0 spiro atoms. The van der Waals surface area contributed by atoms with Gasteiger partial charge in [-0.15, -0.1) is 0 Å². The second-order valence-electron chi connectivity index (χ2n) is 8.26. The number of nitrogens with zero attached hydrogens (tertiary/aromatic N) is 3. The van der Waals surface area contributed by atoms with Crippen LogP contribution in [0.1, 0.15) is 42.9 Å². The molecule has 0 aliphatic carbocycles. The maximum absolute atomic E-state index is 12.3. The number of likely N-dealkylation sites (tertiary alicyclic amines) is 1. The Morgan fingerprint density at radius 1 is 1.03 bits per heavy atom. The molecule has 0 bridgehead atoms. The van der Waals surface area contributed by atoms with Gasteiger partial charge in [-0.05, 0) is 38.3 Å². The Kier molecular flexibility index (Phi) is 6.65. The van der Waals surface area contributed by atoms with E-state index in [4.69, 9.17) is 19.2 Å². The molecule has 2 fully saturated rings. The van der Waals surface area contributed by atoms with E-state index < -0.39 is 0 Å². The van der Waals surface area contributed by atoms with Crippen molar-refractivity contribution in [2.75, 3.05) is 52.4 Å². The lowest BCUT2D eigenvalue weighted by Gasteiger charge is -2.33. The highest BCUT2D eigenvalue weighted by atomic mass is 16.5. The van der Waals surface area contributed by atoms with Gasteiger partial charge >= 0.3 is 0 Å². The maximum atomic E-state index is 12.3. The largest absolute Gasteiger partial charge is 0.493 e. The van der Waals surface area contributed by atoms with E-state index in [1.807, 2.05) is 12.1 Å². The van der Waals surface area contributed by atoms with Crippen LogP contribution in [-0.4, -0.2) is 62.4 Å². The molecule has 8 nitrogen and oxygen atoms in total. The van der Waals surface area contributed by atoms with Crippen LogP contribution in [0.2, 0.25) is 0 Å². The molecule has 1 aromatic heterocycles. The highest BCUT2D eigenvalue weighted by Crippen LogP contribution is 2.40. The molecule has 2 aliphatic rings. The highest BCUT2D eigenvalue weighted by Gasteiger charge is 2.26. The van der Waals surface area contributed by atoms with Crippen LogP contribution in [0.3, 0.4) is 0 Å². The second kappa shape index (κ2) is 9.60. The molecule has 0 radical (unpaired) electrons. The van der Waals surface area contributed by atoms with Gasteiger partial charge in [0.25, 0.3) is 5.56 Å². The second-order valence-corrected chi connectivity index (χ2v) is 8.26. The van der Waals surface area contributed by atoms with Gasteiger partial charge in [0.05, 0.1) is 27.0 Å². The summed E-state index contributed by atoms with van der Waals surface area (Å²) in [5.41, 5.74) is 1.89. The molecule has 3 heterocycles. The summed E-state index contributed by atoms with van der Waals surface area (Å²) in [6.07, 6.45) is 4.40. The summed E-state index contributed by atoms with van der Waals surface area (Å²) in [5.74, 6) is 2.93. The van der Waals surface area contributed by atoms with E-state index in [1.165, 1.54) is 0 Å². The molecular formula is C23H32N4O4. The van der Waals surface area contributed by atoms with Crippen LogP contribution in [0, 0.1) is 0 Å². The van der Waals surface area contributed by atoms with Crippen LogP contribution >= 0.6 is 0 Å². The fourth-order valence-electron chi connectivity index (χ4n) is 4.72. The topological polar surface area (TPSA) is 79.9 Å². The van der Waals surface area contributed by atoms with Crippen LogP contribution in [0.4, 0.5) is 5.95 Å². The number of hydrogen-bond acceptors (Lipinski definition) is 7. The number of methoxy groups -OCH3 is 3. The van der Waals surface area contributed by atoms with Gasteiger partial charge in [-0.3, -0.25) is 14.7 Å². The van der Waals surface area contributed by atoms with E-state index in [9.17, 15) is 4.79 Å². The molecule has 0 saturated carbocycles. The number of H-pyrrole nitrogens is 1. The third-order valence-electron chi connectivity index (χ3n) is 6.26. The van der Waals surface area contributed by atoms with Crippen LogP contribution < -0.4 is 24.7 Å². The summed E-state index contributed by atoms with van der Waals surface area (Å²) < 4.78 is 16.6. The number of ether oxygens (including phenoxy) is 3. The standard InChI is InChI=1S/C23H32N4O4/c1-29-19-9-8-17(21(30-2)22(19)31-3)15-26-10-6-7-16(14-26)18-13-20(28)25-23(24-18)27-11-4-5-12-27/h8-9,13,16H,4-7,10-12,14-15H2,1-3H3,(H,24,25,28). The normalized spacial score (nSPS) is 19.5. The minimum absolute atomic E-state index is 0.0643. The fraction of sp³-hybridized carbons (Fsp3) is 0.565. The maximum Gasteiger partial charge on any atom is 0.252 e. The molecule has 8 heteroatoms. The lowest BCUT2D eigenvalue weighted by molar-refractivity contribution is 0.195. The van der Waals surface area contributed by atoms with Crippen molar-refractivity contribution in [3.8, 4) is 17.2 Å². The van der Waals surface area contributed by atoms with Crippen molar-refractivity contribution in [1.29, 1.82) is 0 Å². The molecule has 2 saturated heterocycles. The monoisotopic (exact) mass is 428 g/mol. The Labute approximate surface area is 183 Å². The molecule has 31 heavy (non-hydrogen) atoms. The van der Waals surface area contributed by atoms with Crippen molar-refractivity contribution in [3.63, 3.8) is 0 Å². The Morgan fingerprint density at radius 2 is 1.81 bits per heavy atom. The van der Waals surface area contributed by atoms with Crippen molar-refractivity contribution in [1.82, 2.24) is 14.9 Å². The molecule has 1 unspecified atom stereocenters. The SMILES string of the molecule is COc1ccc(CN2CCCC(c3cc(=O)[nH]c(N4CCCC4)n3)C2)c(OC)c1OC. The first kappa shape index (κ1) is 21.5. The summed E-state index contributed by atoms with van der Waals surface area (Å²) in [5, 5.41) is 0. The van der Waals surface area contributed by atoms with Gasteiger partial charge < -0.3 is 19.1 Å². The molecule has 168 valence electrons. The number of aromatic amines is 1. The first-order valence-electron chi connectivity index (χ1n) is 11.0. The van der Waals surface area contributed by atoms with Gasteiger partial charge in [0.15, 0.2) is 11.5 Å². The summed E-state index contributed by atoms with van der Waals surface area (Å²) in [7, 11) is 4.90. The lowest BCUT2D eigenvalue weighted by Crippen LogP contribution is -2.35. The Morgan fingerprint density at radius 3 is 2.52 bits per heavy atom. The van der Waals surface area contributed by atoms with Gasteiger partial charge in [-0.1, -0.05) is 6.07 Å². The number of aromatic nitrogens is 2. The summed E-state index contributed by atoms with van der Waals surface area (Å²) >= 11 is 0. The van der Waals surface area contributed by atoms with E-state index in [2.05, 4.69) is 14.8 Å². The highest BCUT2D eigenvalue weighted by molar-refractivity contribution is 5.55. The van der Waals surface area contributed by atoms with Crippen molar-refractivity contribution < 1.29 is 14.2 Å². The van der Waals surface area contributed by atoms with E-state index in [0.29, 0.717) is 17.2 Å². The number of rotatable bonds is 7. The van der Waals surface area contributed by atoms with Crippen molar-refractivity contribution in [2.45, 2.75) is 38.1 Å². The van der Waals surface area contributed by atoms with Gasteiger partial charge in [0, 0.05) is 43.7 Å². The van der Waals surface area contributed by atoms with E-state index in [-0.39, 0.29) is 11.5 Å². The summed E-state index contributed by atoms with van der Waals surface area (Å²) in [6, 6.07) is 5.62. The summed E-state index contributed by atoms with van der Waals surface area (Å²) in [4.78, 5) is 24.7. The molecule has 1 atom stereocenters. The zero-order valence-electron chi connectivity index (χ0n) is 18.6. The third-order valence-corrected chi connectivity index (χ3v) is 6.26. The molecule has 4 rings (SSSR count). The minimum atomic E-state index is -0.0643. The molecule has 1 N–H and O–H groups in total. The number of benzene rings is 1. The van der Waals surface area contributed by atoms with Crippen LogP contribution in [-0.2, 0) is 6.54 Å². The third kappa shape index (κ3) is 4.63. The van der Waals surface area contributed by atoms with Crippen LogP contribution in [0.15, 0.2) is 23.0 Å². The average molecular weight is 429 g/mol. The zero-order valence-corrected chi connectivity index (χ0v) is 18.6. The Balaban J connectivity index is 1.53. The van der Waals surface area contributed by atoms with Crippen molar-refractivity contribution >= 4 is 5.95 Å². The number of anilines is 1. The quantitative estimate of drug-likeness (QED) is 0.726. The van der Waals surface area contributed by atoms with Gasteiger partial charge in [0.1, 0.15) is 0 Å². The predicted molar refractivity (Wildman–Crippen MR) is 120 cm³/mol. The molecule has 2 aliphatic heterocycles. The summed E-state index contributed by atoms with van der Waals surface area (Å²) in [6.45, 7) is 4.51. The number of piperidine rings is 1. The first-order valence-corrected chi connectivity index (χ1v) is 11.0. The van der Waals surface area contributed by atoms with Crippen LogP contribution in [0.5, 0.6) is 17.2 Å². The molecule has 1 aromatic carbocycles. The van der Waals surface area contributed by atoms with Crippen molar-refractivity contribution in [3.05, 3.63) is 39.8 Å². The number of nitrogens with one attached hydrogen (secondary N) is 1. The Bertz CT molecular complexity index is 955. The fourth-order valence-corrected chi connectivity index (χ4v) is 4.72. The Hall–Kier alpha value is -2.74. The first-order chi connectivity index (χ1) is 15.1. The average Bonchev–Trinajstić information content (AvgIpc) is 3.33. The van der Waals surface area contributed by atoms with E-state index in [0.717, 1.165) is 75.6 Å².